The summed E-state index contributed by atoms with van der Waals surface area (Å²) in [5.41, 5.74) is 0.0308. The van der Waals surface area contributed by atoms with Gasteiger partial charge in [-0.25, -0.2) is 13.2 Å². The molecule has 1 N–H and O–H groups in total. The Bertz CT molecular complexity index is 659. The standard InChI is InChI=1S/C14H21NO6S/c1-9(2)7-22(19,20)8-13(16)15(4)6-11-5-12(14(17)18)10(3)21-11/h5,9H,6-8H2,1-4H3,(H,17,18). The zero-order valence-corrected chi connectivity index (χ0v) is 13.9. The topological polar surface area (TPSA) is 105 Å². The van der Waals surface area contributed by atoms with Gasteiger partial charge in [-0.15, -0.1) is 0 Å². The van der Waals surface area contributed by atoms with Crippen molar-refractivity contribution in [1.82, 2.24) is 4.90 Å². The average Bonchev–Trinajstić information content (AvgIpc) is 2.67. The Hall–Kier alpha value is -1.83. The van der Waals surface area contributed by atoms with Gasteiger partial charge >= 0.3 is 5.97 Å². The molecule has 0 aromatic carbocycles. The number of nitrogens with zero attached hydrogens (tertiary/aromatic N) is 1. The van der Waals surface area contributed by atoms with E-state index in [-0.39, 0.29) is 29.5 Å². The SMILES string of the molecule is Cc1oc(CN(C)C(=O)CS(=O)(=O)CC(C)C)cc1C(=O)O. The molecule has 8 heteroatoms. The van der Waals surface area contributed by atoms with Gasteiger partial charge in [0.05, 0.1) is 12.3 Å². The number of carbonyl (C=O) groups excluding carboxylic acids is 1. The first kappa shape index (κ1) is 18.2. The largest absolute Gasteiger partial charge is 0.478 e. The highest BCUT2D eigenvalue weighted by atomic mass is 32.2. The molecule has 0 aliphatic rings. The van der Waals surface area contributed by atoms with Crippen LogP contribution in [0.4, 0.5) is 0 Å². The summed E-state index contributed by atoms with van der Waals surface area (Å²) in [5.74, 6) is -1.77. The fourth-order valence-electron chi connectivity index (χ4n) is 2.02. The van der Waals surface area contributed by atoms with Gasteiger partial charge in [0.25, 0.3) is 0 Å². The van der Waals surface area contributed by atoms with Crippen LogP contribution in [0.3, 0.4) is 0 Å². The third-order valence-electron chi connectivity index (χ3n) is 2.95. The van der Waals surface area contributed by atoms with Crippen molar-refractivity contribution in [3.63, 3.8) is 0 Å². The number of rotatable bonds is 7. The fourth-order valence-corrected chi connectivity index (χ4v) is 3.75. The molecular formula is C14H21NO6S. The van der Waals surface area contributed by atoms with E-state index < -0.39 is 27.5 Å². The predicted octanol–water partition coefficient (Wildman–Crippen LogP) is 1.32. The normalized spacial score (nSPS) is 11.7. The summed E-state index contributed by atoms with van der Waals surface area (Å²) in [6.45, 7) is 5.07. The molecule has 0 radical (unpaired) electrons. The molecule has 0 aliphatic carbocycles. The molecule has 0 saturated heterocycles. The van der Waals surface area contributed by atoms with Gasteiger partial charge in [0, 0.05) is 7.05 Å². The Labute approximate surface area is 129 Å². The number of carboxylic acid groups (broad SMARTS) is 1. The Balaban J connectivity index is 2.72. The first-order chi connectivity index (χ1) is 10.0. The number of amides is 1. The predicted molar refractivity (Wildman–Crippen MR) is 80.4 cm³/mol. The Morgan fingerprint density at radius 2 is 1.95 bits per heavy atom. The lowest BCUT2D eigenvalue weighted by Crippen LogP contribution is -2.33. The number of furan rings is 1. The van der Waals surface area contributed by atoms with Crippen molar-refractivity contribution in [2.75, 3.05) is 18.6 Å². The quantitative estimate of drug-likeness (QED) is 0.808. The Morgan fingerprint density at radius 1 is 1.36 bits per heavy atom. The molecule has 1 amide bonds. The van der Waals surface area contributed by atoms with Crippen LogP contribution in [0.25, 0.3) is 0 Å². The molecule has 124 valence electrons. The Morgan fingerprint density at radius 3 is 2.41 bits per heavy atom. The molecule has 0 bridgehead atoms. The van der Waals surface area contributed by atoms with Crippen LogP contribution in [-0.4, -0.2) is 48.9 Å². The van der Waals surface area contributed by atoms with Crippen LogP contribution in [0.5, 0.6) is 0 Å². The minimum Gasteiger partial charge on any atom is -0.478 e. The van der Waals surface area contributed by atoms with Gasteiger partial charge in [0.1, 0.15) is 22.8 Å². The molecule has 1 heterocycles. The first-order valence-corrected chi connectivity index (χ1v) is 8.61. The number of hydrogen-bond donors (Lipinski definition) is 1. The number of carboxylic acids is 1. The van der Waals surface area contributed by atoms with Gasteiger partial charge < -0.3 is 14.4 Å². The summed E-state index contributed by atoms with van der Waals surface area (Å²) in [6, 6.07) is 1.34. The van der Waals surface area contributed by atoms with Crippen LogP contribution in [0.2, 0.25) is 0 Å². The average molecular weight is 331 g/mol. The van der Waals surface area contributed by atoms with Crippen LogP contribution in [0, 0.1) is 12.8 Å². The van der Waals surface area contributed by atoms with E-state index in [0.29, 0.717) is 5.76 Å². The van der Waals surface area contributed by atoms with Crippen LogP contribution in [0.1, 0.15) is 35.7 Å². The minimum atomic E-state index is -3.45. The van der Waals surface area contributed by atoms with Crippen molar-refractivity contribution >= 4 is 21.7 Å². The van der Waals surface area contributed by atoms with E-state index in [1.807, 2.05) is 0 Å². The van der Waals surface area contributed by atoms with Crippen molar-refractivity contribution in [3.05, 3.63) is 23.2 Å². The van der Waals surface area contributed by atoms with E-state index in [2.05, 4.69) is 0 Å². The van der Waals surface area contributed by atoms with Crippen molar-refractivity contribution in [2.24, 2.45) is 5.92 Å². The second-order valence-electron chi connectivity index (χ2n) is 5.69. The van der Waals surface area contributed by atoms with Gasteiger partial charge in [0.2, 0.25) is 5.91 Å². The lowest BCUT2D eigenvalue weighted by atomic mass is 10.2. The van der Waals surface area contributed by atoms with E-state index in [9.17, 15) is 18.0 Å². The van der Waals surface area contributed by atoms with Crippen molar-refractivity contribution in [1.29, 1.82) is 0 Å². The van der Waals surface area contributed by atoms with Crippen molar-refractivity contribution in [3.8, 4) is 0 Å². The van der Waals surface area contributed by atoms with Gasteiger partial charge in [-0.3, -0.25) is 4.79 Å². The highest BCUT2D eigenvalue weighted by Crippen LogP contribution is 2.16. The second-order valence-corrected chi connectivity index (χ2v) is 7.80. The maximum atomic E-state index is 12.0. The number of carbonyl (C=O) groups is 2. The van der Waals surface area contributed by atoms with E-state index >= 15 is 0 Å². The first-order valence-electron chi connectivity index (χ1n) is 6.79. The van der Waals surface area contributed by atoms with E-state index in [4.69, 9.17) is 9.52 Å². The molecular weight excluding hydrogens is 310 g/mol. The summed E-state index contributed by atoms with van der Waals surface area (Å²) in [4.78, 5) is 24.1. The summed E-state index contributed by atoms with van der Waals surface area (Å²) in [6.07, 6.45) is 0. The highest BCUT2D eigenvalue weighted by molar-refractivity contribution is 7.92. The van der Waals surface area contributed by atoms with Crippen LogP contribution in [0.15, 0.2) is 10.5 Å². The lowest BCUT2D eigenvalue weighted by Gasteiger charge is -2.16. The molecule has 0 atom stereocenters. The molecule has 1 aromatic heterocycles. The molecule has 0 aliphatic heterocycles. The van der Waals surface area contributed by atoms with Gasteiger partial charge in [-0.2, -0.15) is 0 Å². The van der Waals surface area contributed by atoms with Gasteiger partial charge in [-0.05, 0) is 18.9 Å². The van der Waals surface area contributed by atoms with Crippen LogP contribution in [-0.2, 0) is 21.2 Å². The zero-order chi connectivity index (χ0) is 17.1. The number of aromatic carboxylic acids is 1. The summed E-state index contributed by atoms with van der Waals surface area (Å²) < 4.78 is 28.9. The van der Waals surface area contributed by atoms with Crippen molar-refractivity contribution in [2.45, 2.75) is 27.3 Å². The molecule has 0 fully saturated rings. The van der Waals surface area contributed by atoms with E-state index in [1.165, 1.54) is 24.9 Å². The van der Waals surface area contributed by atoms with E-state index in [0.717, 1.165) is 0 Å². The van der Waals surface area contributed by atoms with Gasteiger partial charge in [-0.1, -0.05) is 13.8 Å². The number of sulfone groups is 1. The minimum absolute atomic E-state index is 0.0180. The molecule has 1 rings (SSSR count). The summed E-state index contributed by atoms with van der Waals surface area (Å²) in [7, 11) is -2.00. The fraction of sp³-hybridized carbons (Fsp3) is 0.571. The number of aryl methyl sites for hydroxylation is 1. The zero-order valence-electron chi connectivity index (χ0n) is 13.1. The molecule has 0 saturated carbocycles. The smallest absolute Gasteiger partial charge is 0.339 e. The highest BCUT2D eigenvalue weighted by Gasteiger charge is 2.22. The molecule has 22 heavy (non-hydrogen) atoms. The third-order valence-corrected chi connectivity index (χ3v) is 4.81. The lowest BCUT2D eigenvalue weighted by molar-refractivity contribution is -0.127. The Kier molecular flexibility index (Phi) is 5.76. The molecule has 1 aromatic rings. The molecule has 0 spiro atoms. The number of hydrogen-bond acceptors (Lipinski definition) is 5. The monoisotopic (exact) mass is 331 g/mol. The maximum Gasteiger partial charge on any atom is 0.339 e. The summed E-state index contributed by atoms with van der Waals surface area (Å²) >= 11 is 0. The van der Waals surface area contributed by atoms with Crippen LogP contribution >= 0.6 is 0 Å². The second kappa shape index (κ2) is 6.95. The van der Waals surface area contributed by atoms with Crippen molar-refractivity contribution < 1.29 is 27.5 Å². The molecule has 0 unspecified atom stereocenters. The third kappa shape index (κ3) is 5.18. The summed E-state index contributed by atoms with van der Waals surface area (Å²) in [5, 5.41) is 8.94. The maximum absolute atomic E-state index is 12.0. The van der Waals surface area contributed by atoms with Crippen LogP contribution < -0.4 is 0 Å². The van der Waals surface area contributed by atoms with E-state index in [1.54, 1.807) is 13.8 Å². The molecule has 7 nitrogen and oxygen atoms in total. The van der Waals surface area contributed by atoms with Gasteiger partial charge in [0.15, 0.2) is 9.84 Å².